The molecule has 0 amide bonds. The highest BCUT2D eigenvalue weighted by molar-refractivity contribution is 7.91. The second-order valence-electron chi connectivity index (χ2n) is 4.44. The summed E-state index contributed by atoms with van der Waals surface area (Å²) in [4.78, 5) is 0.376. The minimum absolute atomic E-state index is 0.187. The average Bonchev–Trinajstić information content (AvgIpc) is 2.92. The molecule has 1 aromatic heterocycles. The first-order valence-electron chi connectivity index (χ1n) is 6.52. The predicted octanol–water partition coefficient (Wildman–Crippen LogP) is 1.57. The van der Waals surface area contributed by atoms with E-state index in [1.54, 1.807) is 41.3 Å². The summed E-state index contributed by atoms with van der Waals surface area (Å²) in [6.07, 6.45) is 4.05. The highest BCUT2D eigenvalue weighted by Crippen LogP contribution is 2.15. The van der Waals surface area contributed by atoms with Crippen LogP contribution in [0.25, 0.3) is 0 Å². The minimum Gasteiger partial charge on any atom is -0.383 e. The number of hydrogen-bond donors (Lipinski definition) is 1. The molecule has 0 spiro atoms. The number of nitrogens with one attached hydrogen (secondary N) is 1. The van der Waals surface area contributed by atoms with E-state index in [1.165, 1.54) is 0 Å². The Morgan fingerprint density at radius 3 is 2.60 bits per heavy atom. The van der Waals surface area contributed by atoms with Gasteiger partial charge in [0, 0.05) is 18.4 Å². The van der Waals surface area contributed by atoms with Gasteiger partial charge in [-0.25, -0.2) is 8.42 Å². The monoisotopic (exact) mass is 294 g/mol. The van der Waals surface area contributed by atoms with E-state index in [2.05, 4.69) is 15.6 Å². The van der Waals surface area contributed by atoms with Crippen molar-refractivity contribution in [1.29, 1.82) is 0 Å². The van der Waals surface area contributed by atoms with E-state index in [0.29, 0.717) is 24.4 Å². The van der Waals surface area contributed by atoms with Crippen LogP contribution in [0.4, 0.5) is 5.69 Å². The molecule has 0 saturated heterocycles. The third kappa shape index (κ3) is 3.80. The van der Waals surface area contributed by atoms with E-state index in [0.717, 1.165) is 5.69 Å². The first kappa shape index (κ1) is 14.5. The number of hydrogen-bond acceptors (Lipinski definition) is 5. The van der Waals surface area contributed by atoms with Crippen LogP contribution < -0.4 is 5.32 Å². The lowest BCUT2D eigenvalue weighted by Crippen LogP contribution is -2.11. The van der Waals surface area contributed by atoms with Crippen molar-refractivity contribution in [3.8, 4) is 0 Å². The topological polar surface area (TPSA) is 76.9 Å². The lowest BCUT2D eigenvalue weighted by atomic mass is 10.3. The maximum Gasteiger partial charge on any atom is 0.178 e. The molecule has 0 aliphatic carbocycles. The Hall–Kier alpha value is -1.89. The van der Waals surface area contributed by atoms with Crippen LogP contribution in [0.3, 0.4) is 0 Å². The molecule has 1 aromatic carbocycles. The summed E-state index contributed by atoms with van der Waals surface area (Å²) < 4.78 is 25.5. The van der Waals surface area contributed by atoms with Crippen molar-refractivity contribution < 1.29 is 8.42 Å². The normalized spacial score (nSPS) is 11.4. The summed E-state index contributed by atoms with van der Waals surface area (Å²) >= 11 is 0. The fourth-order valence-electron chi connectivity index (χ4n) is 1.83. The van der Waals surface area contributed by atoms with Gasteiger partial charge < -0.3 is 5.32 Å². The molecule has 20 heavy (non-hydrogen) atoms. The van der Waals surface area contributed by atoms with Gasteiger partial charge >= 0.3 is 0 Å². The van der Waals surface area contributed by atoms with Crippen LogP contribution in [-0.4, -0.2) is 35.7 Å². The molecule has 6 nitrogen and oxygen atoms in total. The molecule has 0 unspecified atom stereocenters. The molecule has 0 aliphatic heterocycles. The van der Waals surface area contributed by atoms with E-state index in [1.807, 2.05) is 6.92 Å². The van der Waals surface area contributed by atoms with E-state index in [9.17, 15) is 8.42 Å². The summed E-state index contributed by atoms with van der Waals surface area (Å²) in [5.41, 5.74) is 0.889. The first-order chi connectivity index (χ1) is 9.62. The number of anilines is 1. The molecule has 0 fully saturated rings. The number of rotatable bonds is 7. The smallest absolute Gasteiger partial charge is 0.178 e. The SMILES string of the molecule is CCCS(=O)(=O)c1ccc(NCCn2ccnn2)cc1. The van der Waals surface area contributed by atoms with E-state index in [4.69, 9.17) is 0 Å². The molecule has 0 bridgehead atoms. The molecule has 0 atom stereocenters. The first-order valence-corrected chi connectivity index (χ1v) is 8.18. The molecule has 0 saturated carbocycles. The van der Waals surface area contributed by atoms with Gasteiger partial charge in [-0.1, -0.05) is 12.1 Å². The highest BCUT2D eigenvalue weighted by Gasteiger charge is 2.12. The van der Waals surface area contributed by atoms with Crippen molar-refractivity contribution in [3.05, 3.63) is 36.7 Å². The van der Waals surface area contributed by atoms with Gasteiger partial charge in [-0.05, 0) is 30.7 Å². The van der Waals surface area contributed by atoms with Crippen molar-refractivity contribution in [3.63, 3.8) is 0 Å². The van der Waals surface area contributed by atoms with Crippen LogP contribution in [-0.2, 0) is 16.4 Å². The number of benzene rings is 1. The van der Waals surface area contributed by atoms with Crippen molar-refractivity contribution in [1.82, 2.24) is 15.0 Å². The fourth-order valence-corrected chi connectivity index (χ4v) is 3.16. The van der Waals surface area contributed by atoms with Gasteiger partial charge in [-0.3, -0.25) is 4.68 Å². The van der Waals surface area contributed by atoms with Gasteiger partial charge in [0.15, 0.2) is 9.84 Å². The quantitative estimate of drug-likeness (QED) is 0.839. The minimum atomic E-state index is -3.13. The van der Waals surface area contributed by atoms with Crippen molar-refractivity contribution >= 4 is 15.5 Å². The van der Waals surface area contributed by atoms with Gasteiger partial charge in [-0.2, -0.15) is 0 Å². The van der Waals surface area contributed by atoms with Crippen molar-refractivity contribution in [2.45, 2.75) is 24.8 Å². The Morgan fingerprint density at radius 2 is 2.00 bits per heavy atom. The summed E-state index contributed by atoms with van der Waals surface area (Å²) in [6.45, 7) is 3.26. The molecule has 1 heterocycles. The lowest BCUT2D eigenvalue weighted by molar-refractivity contribution is 0.594. The fraction of sp³-hybridized carbons (Fsp3) is 0.385. The number of aromatic nitrogens is 3. The zero-order chi connectivity index (χ0) is 14.4. The Morgan fingerprint density at radius 1 is 1.25 bits per heavy atom. The van der Waals surface area contributed by atoms with E-state index in [-0.39, 0.29) is 5.75 Å². The third-order valence-corrected chi connectivity index (χ3v) is 4.76. The standard InChI is InChI=1S/C13H18N4O2S/c1-2-11-20(18,19)13-5-3-12(4-6-13)14-7-9-17-10-8-15-16-17/h3-6,8,10,14H,2,7,9,11H2,1H3. The van der Waals surface area contributed by atoms with E-state index < -0.39 is 9.84 Å². The van der Waals surface area contributed by atoms with Gasteiger partial charge in [0.2, 0.25) is 0 Å². The molecule has 7 heteroatoms. The van der Waals surface area contributed by atoms with Crippen LogP contribution in [0, 0.1) is 0 Å². The molecular formula is C13H18N4O2S. The lowest BCUT2D eigenvalue weighted by Gasteiger charge is -2.08. The van der Waals surface area contributed by atoms with Crippen LogP contribution in [0.1, 0.15) is 13.3 Å². The highest BCUT2D eigenvalue weighted by atomic mass is 32.2. The Kier molecular flexibility index (Phi) is 4.73. The Balaban J connectivity index is 1.91. The third-order valence-electron chi connectivity index (χ3n) is 2.83. The zero-order valence-electron chi connectivity index (χ0n) is 11.4. The van der Waals surface area contributed by atoms with Gasteiger partial charge in [0.1, 0.15) is 0 Å². The van der Waals surface area contributed by atoms with Crippen LogP contribution in [0.5, 0.6) is 0 Å². The van der Waals surface area contributed by atoms with Crippen LogP contribution >= 0.6 is 0 Å². The molecule has 2 aromatic rings. The summed E-state index contributed by atoms with van der Waals surface area (Å²) in [7, 11) is -3.13. The van der Waals surface area contributed by atoms with Crippen molar-refractivity contribution in [2.24, 2.45) is 0 Å². The van der Waals surface area contributed by atoms with Crippen LogP contribution in [0.15, 0.2) is 41.6 Å². The molecule has 0 aliphatic rings. The maximum absolute atomic E-state index is 11.9. The molecule has 0 radical (unpaired) electrons. The second kappa shape index (κ2) is 6.51. The van der Waals surface area contributed by atoms with Gasteiger partial charge in [-0.15, -0.1) is 5.10 Å². The second-order valence-corrected chi connectivity index (χ2v) is 6.55. The summed E-state index contributed by atoms with van der Waals surface area (Å²) in [6, 6.07) is 6.85. The predicted molar refractivity (Wildman–Crippen MR) is 77.3 cm³/mol. The van der Waals surface area contributed by atoms with Crippen LogP contribution in [0.2, 0.25) is 0 Å². The molecule has 2 rings (SSSR count). The maximum atomic E-state index is 11.9. The zero-order valence-corrected chi connectivity index (χ0v) is 12.2. The van der Waals surface area contributed by atoms with Crippen molar-refractivity contribution in [2.75, 3.05) is 17.6 Å². The van der Waals surface area contributed by atoms with Gasteiger partial charge in [0.05, 0.1) is 23.4 Å². The Labute approximate surface area is 118 Å². The average molecular weight is 294 g/mol. The van der Waals surface area contributed by atoms with Gasteiger partial charge in [0.25, 0.3) is 0 Å². The molecular weight excluding hydrogens is 276 g/mol. The molecule has 108 valence electrons. The summed E-state index contributed by atoms with van der Waals surface area (Å²) in [5.74, 6) is 0.187. The summed E-state index contributed by atoms with van der Waals surface area (Å²) in [5, 5.41) is 10.8. The molecule has 1 N–H and O–H groups in total. The number of sulfone groups is 1. The Bertz CT molecular complexity index is 621. The van der Waals surface area contributed by atoms with E-state index >= 15 is 0 Å². The largest absolute Gasteiger partial charge is 0.383 e. The number of nitrogens with zero attached hydrogens (tertiary/aromatic N) is 3.